The molecule has 1 heterocycles. The van der Waals surface area contributed by atoms with Gasteiger partial charge in [-0.25, -0.2) is 4.79 Å². The molecule has 0 spiro atoms. The molecule has 6 heteroatoms. The highest BCUT2D eigenvalue weighted by Crippen LogP contribution is 2.36. The molecule has 0 aliphatic rings. The number of hydrogen-bond donors (Lipinski definition) is 4. The molecule has 0 saturated carbocycles. The van der Waals surface area contributed by atoms with Crippen molar-refractivity contribution >= 4 is 22.7 Å². The topological polar surface area (TPSA) is 112 Å². The van der Waals surface area contributed by atoms with Gasteiger partial charge in [0.1, 0.15) is 11.6 Å². The molecule has 0 saturated heterocycles. The number of methoxy groups -OCH3 is 1. The smallest absolute Gasteiger partial charge is 0.336 e. The molecule has 3 aromatic carbocycles. The molecule has 4 rings (SSSR count). The Labute approximate surface area is 186 Å². The maximum absolute atomic E-state index is 11.9. The van der Waals surface area contributed by atoms with E-state index in [1.165, 1.54) is 7.11 Å². The number of aromatic carboxylic acids is 1. The van der Waals surface area contributed by atoms with Crippen LogP contribution in [0.15, 0.2) is 66.9 Å². The molecular weight excluding hydrogens is 402 g/mol. The number of nitrogens with two attached hydrogens (primary N) is 1. The third kappa shape index (κ3) is 3.83. The maximum Gasteiger partial charge on any atom is 0.336 e. The van der Waals surface area contributed by atoms with E-state index in [1.807, 2.05) is 36.5 Å². The van der Waals surface area contributed by atoms with Crippen molar-refractivity contribution in [3.8, 4) is 16.9 Å². The predicted octanol–water partition coefficient (Wildman–Crippen LogP) is 5.37. The summed E-state index contributed by atoms with van der Waals surface area (Å²) in [5.74, 6) is -0.318. The average Bonchev–Trinajstić information content (AvgIpc) is 3.22. The molecule has 32 heavy (non-hydrogen) atoms. The highest BCUT2D eigenvalue weighted by atomic mass is 16.5. The van der Waals surface area contributed by atoms with Crippen LogP contribution in [-0.4, -0.2) is 29.0 Å². The molecule has 0 fully saturated rings. The molecule has 0 aliphatic carbocycles. The molecule has 5 N–H and O–H groups in total. The summed E-state index contributed by atoms with van der Waals surface area (Å²) >= 11 is 0. The second-order valence-electron chi connectivity index (χ2n) is 7.72. The van der Waals surface area contributed by atoms with E-state index in [1.54, 1.807) is 18.2 Å². The molecule has 0 aliphatic heterocycles. The van der Waals surface area contributed by atoms with Crippen molar-refractivity contribution < 1.29 is 14.6 Å². The van der Waals surface area contributed by atoms with Crippen molar-refractivity contribution in [2.45, 2.75) is 19.3 Å². The van der Waals surface area contributed by atoms with Gasteiger partial charge in [0, 0.05) is 28.6 Å². The zero-order valence-electron chi connectivity index (χ0n) is 18.0. The highest BCUT2D eigenvalue weighted by Gasteiger charge is 2.19. The lowest BCUT2D eigenvalue weighted by molar-refractivity contribution is 0.0697. The summed E-state index contributed by atoms with van der Waals surface area (Å²) < 4.78 is 5.20. The normalized spacial score (nSPS) is 11.9. The Morgan fingerprint density at radius 3 is 2.66 bits per heavy atom. The molecule has 162 valence electrons. The number of aromatic nitrogens is 1. The van der Waals surface area contributed by atoms with Crippen LogP contribution in [-0.2, 0) is 0 Å². The van der Waals surface area contributed by atoms with Gasteiger partial charge in [0.25, 0.3) is 0 Å². The van der Waals surface area contributed by atoms with Gasteiger partial charge in [-0.3, -0.25) is 5.41 Å². The second-order valence-corrected chi connectivity index (χ2v) is 7.72. The fourth-order valence-corrected chi connectivity index (χ4v) is 4.24. The van der Waals surface area contributed by atoms with Crippen molar-refractivity contribution in [2.24, 2.45) is 5.73 Å². The number of amidine groups is 1. The number of nitrogen functional groups attached to an aromatic ring is 1. The Morgan fingerprint density at radius 1 is 1.16 bits per heavy atom. The number of fused-ring (bicyclic) bond motifs is 1. The van der Waals surface area contributed by atoms with Gasteiger partial charge in [0.15, 0.2) is 0 Å². The van der Waals surface area contributed by atoms with E-state index in [0.717, 1.165) is 34.0 Å². The minimum Gasteiger partial charge on any atom is -0.497 e. The summed E-state index contributed by atoms with van der Waals surface area (Å²) in [5.41, 5.74) is 11.2. The quantitative estimate of drug-likeness (QED) is 0.235. The third-order valence-corrected chi connectivity index (χ3v) is 5.87. The SMILES string of the molecule is CCC(c1cccc(-c2ccc(OC)cc2C(=O)O)c1)c1c[nH]c2cc(C(=N)N)ccc12. The Hall–Kier alpha value is -4.06. The largest absolute Gasteiger partial charge is 0.497 e. The van der Waals surface area contributed by atoms with E-state index < -0.39 is 5.97 Å². The lowest BCUT2D eigenvalue weighted by atomic mass is 9.86. The van der Waals surface area contributed by atoms with E-state index in [0.29, 0.717) is 16.9 Å². The first-order chi connectivity index (χ1) is 15.4. The number of H-pyrrole nitrogens is 1. The lowest BCUT2D eigenvalue weighted by Gasteiger charge is -2.17. The molecule has 0 bridgehead atoms. The number of benzene rings is 3. The maximum atomic E-state index is 11.9. The van der Waals surface area contributed by atoms with Crippen LogP contribution in [0.3, 0.4) is 0 Å². The van der Waals surface area contributed by atoms with Crippen molar-refractivity contribution in [3.05, 3.63) is 89.1 Å². The number of hydrogen-bond acceptors (Lipinski definition) is 3. The summed E-state index contributed by atoms with van der Waals surface area (Å²) in [6.45, 7) is 2.14. The van der Waals surface area contributed by atoms with Gasteiger partial charge in [-0.05, 0) is 52.9 Å². The zero-order valence-corrected chi connectivity index (χ0v) is 18.0. The van der Waals surface area contributed by atoms with Crippen LogP contribution in [0, 0.1) is 5.41 Å². The molecular formula is C26H25N3O3. The molecule has 1 unspecified atom stereocenters. The van der Waals surface area contributed by atoms with E-state index >= 15 is 0 Å². The van der Waals surface area contributed by atoms with Crippen LogP contribution in [0.5, 0.6) is 5.75 Å². The van der Waals surface area contributed by atoms with Gasteiger partial charge >= 0.3 is 5.97 Å². The number of nitrogens with one attached hydrogen (secondary N) is 2. The molecule has 1 atom stereocenters. The first-order valence-corrected chi connectivity index (χ1v) is 10.4. The van der Waals surface area contributed by atoms with Gasteiger partial charge in [-0.15, -0.1) is 0 Å². The zero-order chi connectivity index (χ0) is 22.8. The summed E-state index contributed by atoms with van der Waals surface area (Å²) in [4.78, 5) is 15.2. The summed E-state index contributed by atoms with van der Waals surface area (Å²) in [7, 11) is 1.52. The molecule has 1 aromatic heterocycles. The van der Waals surface area contributed by atoms with Crippen LogP contribution in [0.4, 0.5) is 0 Å². The number of rotatable bonds is 7. The predicted molar refractivity (Wildman–Crippen MR) is 127 cm³/mol. The van der Waals surface area contributed by atoms with Crippen molar-refractivity contribution in [2.75, 3.05) is 7.11 Å². The first-order valence-electron chi connectivity index (χ1n) is 10.4. The number of carboxylic acids is 1. The third-order valence-electron chi connectivity index (χ3n) is 5.87. The van der Waals surface area contributed by atoms with Crippen LogP contribution >= 0.6 is 0 Å². The van der Waals surface area contributed by atoms with Gasteiger partial charge < -0.3 is 20.6 Å². The van der Waals surface area contributed by atoms with E-state index in [2.05, 4.69) is 24.0 Å². The summed E-state index contributed by atoms with van der Waals surface area (Å²) in [5, 5.41) is 18.5. The average molecular weight is 428 g/mol. The van der Waals surface area contributed by atoms with Crippen LogP contribution < -0.4 is 10.5 Å². The van der Waals surface area contributed by atoms with E-state index in [9.17, 15) is 9.90 Å². The molecule has 0 radical (unpaired) electrons. The fraction of sp³-hybridized carbons (Fsp3) is 0.154. The minimum atomic E-state index is -0.991. The van der Waals surface area contributed by atoms with Crippen molar-refractivity contribution in [1.29, 1.82) is 5.41 Å². The Balaban J connectivity index is 1.78. The molecule has 0 amide bonds. The highest BCUT2D eigenvalue weighted by molar-refractivity contribution is 5.99. The fourth-order valence-electron chi connectivity index (χ4n) is 4.24. The molecule has 6 nitrogen and oxygen atoms in total. The standard InChI is InChI=1S/C26H25N3O3/c1-3-19(23-14-29-24-12-17(25(27)28)7-9-21(23)24)15-5-4-6-16(11-15)20-10-8-18(32-2)13-22(20)26(30)31/h4-14,19,29H,3H2,1-2H3,(H3,27,28)(H,30,31). The minimum absolute atomic E-state index is 0.0384. The summed E-state index contributed by atoms with van der Waals surface area (Å²) in [6.07, 6.45) is 2.88. The number of carboxylic acid groups (broad SMARTS) is 1. The molecule has 4 aromatic rings. The van der Waals surface area contributed by atoms with E-state index in [4.69, 9.17) is 15.9 Å². The second kappa shape index (κ2) is 8.59. The number of ether oxygens (including phenoxy) is 1. The number of carbonyl (C=O) groups is 1. The first kappa shape index (κ1) is 21.2. The van der Waals surface area contributed by atoms with Gasteiger partial charge in [0.05, 0.1) is 12.7 Å². The summed E-state index contributed by atoms with van der Waals surface area (Å²) in [6, 6.07) is 18.9. The van der Waals surface area contributed by atoms with Crippen molar-refractivity contribution in [1.82, 2.24) is 4.98 Å². The van der Waals surface area contributed by atoms with Gasteiger partial charge in [-0.2, -0.15) is 0 Å². The van der Waals surface area contributed by atoms with E-state index in [-0.39, 0.29) is 17.3 Å². The Kier molecular flexibility index (Phi) is 5.69. The Bertz CT molecular complexity index is 1320. The van der Waals surface area contributed by atoms with Crippen molar-refractivity contribution in [3.63, 3.8) is 0 Å². The number of aromatic amines is 1. The van der Waals surface area contributed by atoms with Crippen LogP contribution in [0.2, 0.25) is 0 Å². The lowest BCUT2D eigenvalue weighted by Crippen LogP contribution is -2.10. The monoisotopic (exact) mass is 427 g/mol. The Morgan fingerprint density at radius 2 is 1.97 bits per heavy atom. The van der Waals surface area contributed by atoms with Gasteiger partial charge in [0.2, 0.25) is 0 Å². The van der Waals surface area contributed by atoms with Crippen LogP contribution in [0.25, 0.3) is 22.0 Å². The van der Waals surface area contributed by atoms with Gasteiger partial charge in [-0.1, -0.05) is 43.3 Å². The van der Waals surface area contributed by atoms with Crippen LogP contribution in [0.1, 0.15) is 46.3 Å².